The van der Waals surface area contributed by atoms with E-state index in [0.717, 1.165) is 6.42 Å². The Balaban J connectivity index is 2.90. The number of hydrogen-bond acceptors (Lipinski definition) is 1. The molecule has 104 valence electrons. The standard InChI is InChI=1S/C17H26OSi/c1-14(2)12-17(18-19(4,5)6)15(3)13-16-10-8-7-9-11-16/h7-11,13,17H,1,12H2,2-6H3/b15-13+. The van der Waals surface area contributed by atoms with Crippen molar-refractivity contribution in [3.8, 4) is 0 Å². The Labute approximate surface area is 119 Å². The number of rotatable bonds is 6. The summed E-state index contributed by atoms with van der Waals surface area (Å²) in [4.78, 5) is 0. The molecule has 0 fully saturated rings. The molecule has 0 saturated carbocycles. The second-order valence-electron chi connectivity index (χ2n) is 6.18. The van der Waals surface area contributed by atoms with Crippen molar-refractivity contribution in [2.24, 2.45) is 0 Å². The van der Waals surface area contributed by atoms with E-state index < -0.39 is 8.32 Å². The first-order valence-corrected chi connectivity index (χ1v) is 10.2. The van der Waals surface area contributed by atoms with Gasteiger partial charge in [-0.3, -0.25) is 0 Å². The normalized spacial score (nSPS) is 14.3. The van der Waals surface area contributed by atoms with E-state index in [2.05, 4.69) is 70.4 Å². The molecule has 19 heavy (non-hydrogen) atoms. The summed E-state index contributed by atoms with van der Waals surface area (Å²) in [5, 5.41) is 0. The van der Waals surface area contributed by atoms with Crippen LogP contribution in [0.15, 0.2) is 48.1 Å². The van der Waals surface area contributed by atoms with Gasteiger partial charge in [0.15, 0.2) is 8.32 Å². The van der Waals surface area contributed by atoms with E-state index in [1.54, 1.807) is 0 Å². The fourth-order valence-electron chi connectivity index (χ4n) is 1.94. The molecule has 2 heteroatoms. The van der Waals surface area contributed by atoms with Gasteiger partial charge in [-0.25, -0.2) is 0 Å². The summed E-state index contributed by atoms with van der Waals surface area (Å²) in [5.41, 5.74) is 3.67. The third kappa shape index (κ3) is 6.55. The van der Waals surface area contributed by atoms with Gasteiger partial charge in [0.25, 0.3) is 0 Å². The first kappa shape index (κ1) is 15.9. The molecule has 0 heterocycles. The van der Waals surface area contributed by atoms with Crippen molar-refractivity contribution in [3.05, 3.63) is 53.6 Å². The molecule has 0 aliphatic carbocycles. The Morgan fingerprint density at radius 3 is 2.26 bits per heavy atom. The molecule has 1 nitrogen and oxygen atoms in total. The van der Waals surface area contributed by atoms with Crippen LogP contribution in [0, 0.1) is 0 Å². The lowest BCUT2D eigenvalue weighted by atomic mass is 10.0. The second-order valence-corrected chi connectivity index (χ2v) is 10.6. The largest absolute Gasteiger partial charge is 0.411 e. The Morgan fingerprint density at radius 2 is 1.79 bits per heavy atom. The molecule has 1 unspecified atom stereocenters. The quantitative estimate of drug-likeness (QED) is 0.507. The maximum absolute atomic E-state index is 6.29. The molecule has 0 amide bonds. The van der Waals surface area contributed by atoms with E-state index in [4.69, 9.17) is 4.43 Å². The van der Waals surface area contributed by atoms with Crippen LogP contribution in [-0.4, -0.2) is 14.4 Å². The van der Waals surface area contributed by atoms with Crippen LogP contribution < -0.4 is 0 Å². The maximum Gasteiger partial charge on any atom is 0.184 e. The van der Waals surface area contributed by atoms with Crippen molar-refractivity contribution in [2.45, 2.75) is 46.0 Å². The van der Waals surface area contributed by atoms with Gasteiger partial charge in [0.1, 0.15) is 0 Å². The molecule has 1 aromatic rings. The lowest BCUT2D eigenvalue weighted by molar-refractivity contribution is 0.231. The Bertz CT molecular complexity index is 440. The molecule has 0 aromatic heterocycles. The van der Waals surface area contributed by atoms with Crippen molar-refractivity contribution in [1.29, 1.82) is 0 Å². The topological polar surface area (TPSA) is 9.23 Å². The van der Waals surface area contributed by atoms with Crippen molar-refractivity contribution >= 4 is 14.4 Å². The monoisotopic (exact) mass is 274 g/mol. The summed E-state index contributed by atoms with van der Waals surface area (Å²) in [5.74, 6) is 0. The van der Waals surface area contributed by atoms with E-state index in [1.165, 1.54) is 16.7 Å². The van der Waals surface area contributed by atoms with Crippen LogP contribution in [0.4, 0.5) is 0 Å². The molecule has 0 radical (unpaired) electrons. The van der Waals surface area contributed by atoms with Gasteiger partial charge in [0.2, 0.25) is 0 Å². The summed E-state index contributed by atoms with van der Waals surface area (Å²) in [6, 6.07) is 10.4. The average Bonchev–Trinajstić information content (AvgIpc) is 2.27. The van der Waals surface area contributed by atoms with Crippen LogP contribution >= 0.6 is 0 Å². The lowest BCUT2D eigenvalue weighted by Crippen LogP contribution is -2.32. The highest BCUT2D eigenvalue weighted by Gasteiger charge is 2.22. The van der Waals surface area contributed by atoms with Gasteiger partial charge < -0.3 is 4.43 Å². The van der Waals surface area contributed by atoms with E-state index in [0.29, 0.717) is 0 Å². The second kappa shape index (κ2) is 6.87. The first-order chi connectivity index (χ1) is 8.78. The van der Waals surface area contributed by atoms with E-state index in [-0.39, 0.29) is 6.10 Å². The van der Waals surface area contributed by atoms with Gasteiger partial charge in [-0.15, -0.1) is 6.58 Å². The molecule has 1 aromatic carbocycles. The minimum Gasteiger partial charge on any atom is -0.411 e. The highest BCUT2D eigenvalue weighted by molar-refractivity contribution is 6.69. The fourth-order valence-corrected chi connectivity index (χ4v) is 3.07. The SMILES string of the molecule is C=C(C)CC(O[Si](C)(C)C)/C(C)=C/c1ccccc1. The fraction of sp³-hybridized carbons (Fsp3) is 0.412. The van der Waals surface area contributed by atoms with E-state index in [1.807, 2.05) is 6.07 Å². The summed E-state index contributed by atoms with van der Waals surface area (Å²) >= 11 is 0. The molecular formula is C17H26OSi. The van der Waals surface area contributed by atoms with Crippen LogP contribution in [0.2, 0.25) is 19.6 Å². The predicted molar refractivity (Wildman–Crippen MR) is 87.7 cm³/mol. The van der Waals surface area contributed by atoms with Crippen LogP contribution in [0.3, 0.4) is 0 Å². The van der Waals surface area contributed by atoms with Crippen molar-refractivity contribution in [1.82, 2.24) is 0 Å². The van der Waals surface area contributed by atoms with E-state index in [9.17, 15) is 0 Å². The molecule has 0 aliphatic heterocycles. The molecule has 1 rings (SSSR count). The van der Waals surface area contributed by atoms with Crippen LogP contribution in [-0.2, 0) is 4.43 Å². The van der Waals surface area contributed by atoms with Crippen molar-refractivity contribution in [3.63, 3.8) is 0 Å². The zero-order valence-corrected chi connectivity index (χ0v) is 13.9. The lowest BCUT2D eigenvalue weighted by Gasteiger charge is -2.27. The van der Waals surface area contributed by atoms with Crippen LogP contribution in [0.1, 0.15) is 25.8 Å². The van der Waals surface area contributed by atoms with Gasteiger partial charge >= 0.3 is 0 Å². The zero-order chi connectivity index (χ0) is 14.5. The summed E-state index contributed by atoms with van der Waals surface area (Å²) in [6.07, 6.45) is 3.28. The predicted octanol–water partition coefficient (Wildman–Crippen LogP) is 5.28. The van der Waals surface area contributed by atoms with Gasteiger partial charge in [-0.05, 0) is 51.0 Å². The van der Waals surface area contributed by atoms with Gasteiger partial charge in [0.05, 0.1) is 6.10 Å². The van der Waals surface area contributed by atoms with Crippen molar-refractivity contribution in [2.75, 3.05) is 0 Å². The smallest absolute Gasteiger partial charge is 0.184 e. The zero-order valence-electron chi connectivity index (χ0n) is 12.9. The summed E-state index contributed by atoms with van der Waals surface area (Å²) in [6.45, 7) is 14.9. The maximum atomic E-state index is 6.29. The third-order valence-electron chi connectivity index (χ3n) is 2.73. The Kier molecular flexibility index (Phi) is 5.76. The average molecular weight is 274 g/mol. The van der Waals surface area contributed by atoms with Gasteiger partial charge in [-0.2, -0.15) is 0 Å². The Hall–Kier alpha value is -1.12. The van der Waals surface area contributed by atoms with E-state index >= 15 is 0 Å². The summed E-state index contributed by atoms with van der Waals surface area (Å²) < 4.78 is 6.29. The Morgan fingerprint density at radius 1 is 1.21 bits per heavy atom. The van der Waals surface area contributed by atoms with Gasteiger partial charge in [0, 0.05) is 0 Å². The van der Waals surface area contributed by atoms with Gasteiger partial charge in [-0.1, -0.05) is 42.0 Å². The molecule has 0 aliphatic rings. The molecule has 0 bridgehead atoms. The molecule has 0 saturated heterocycles. The molecular weight excluding hydrogens is 248 g/mol. The first-order valence-electron chi connectivity index (χ1n) is 6.83. The summed E-state index contributed by atoms with van der Waals surface area (Å²) in [7, 11) is -1.55. The molecule has 0 spiro atoms. The molecule has 0 N–H and O–H groups in total. The minimum absolute atomic E-state index is 0.157. The highest BCUT2D eigenvalue weighted by Crippen LogP contribution is 2.21. The number of hydrogen-bond donors (Lipinski definition) is 0. The van der Waals surface area contributed by atoms with Crippen molar-refractivity contribution < 1.29 is 4.43 Å². The molecule has 1 atom stereocenters. The van der Waals surface area contributed by atoms with Crippen LogP contribution in [0.5, 0.6) is 0 Å². The highest BCUT2D eigenvalue weighted by atomic mass is 28.4. The number of benzene rings is 1. The third-order valence-corrected chi connectivity index (χ3v) is 3.72. The minimum atomic E-state index is -1.55. The van der Waals surface area contributed by atoms with Crippen LogP contribution in [0.25, 0.3) is 6.08 Å².